The summed E-state index contributed by atoms with van der Waals surface area (Å²) < 4.78 is 8.68. The first-order chi connectivity index (χ1) is 15.7. The third kappa shape index (κ3) is 4.88. The van der Waals surface area contributed by atoms with Crippen molar-refractivity contribution in [2.45, 2.75) is 0 Å². The van der Waals surface area contributed by atoms with Crippen LogP contribution >= 0.6 is 0 Å². The highest BCUT2D eigenvalue weighted by atomic mass is 16.7. The summed E-state index contributed by atoms with van der Waals surface area (Å²) in [7, 11) is 0. The van der Waals surface area contributed by atoms with E-state index in [-0.39, 0.29) is 24.3 Å². The molecule has 0 amide bonds. The zero-order valence-corrected chi connectivity index (χ0v) is 15.6. The molecule has 21 nitrogen and oxygen atoms in total. The number of carbonyl (C=O) groups is 1. The zero-order valence-electron chi connectivity index (χ0n) is 15.6. The van der Waals surface area contributed by atoms with Crippen LogP contribution in [-0.4, -0.2) is 35.7 Å². The van der Waals surface area contributed by atoms with Crippen LogP contribution in [-0.2, 0) is 0 Å². The van der Waals surface area contributed by atoms with Gasteiger partial charge >= 0.3 is 28.9 Å². The average molecular weight is 484 g/mol. The van der Waals surface area contributed by atoms with Crippen molar-refractivity contribution in [2.24, 2.45) is 0 Å². The van der Waals surface area contributed by atoms with Gasteiger partial charge in [-0.05, 0) is 0 Å². The Bertz CT molecular complexity index is 1140. The summed E-state index contributed by atoms with van der Waals surface area (Å²) in [5.74, 6) is -3.00. The Morgan fingerprint density at radius 2 is 0.735 bits per heavy atom. The Balaban J connectivity index is 2.63. The Morgan fingerprint density at radius 3 is 0.912 bits per heavy atom. The molecular weight excluding hydrogens is 480 g/mol. The molecule has 176 valence electrons. The SMILES string of the molecule is O=C(Oc1c([N+](=O)[O-])cc([N+](=O)[O-])cc1[N+](=O)[O-])Oc1c([N+](=O)[O-])cc([N+](=O)[O-])cc1[N+](=O)[O-]. The highest BCUT2D eigenvalue weighted by molar-refractivity contribution is 5.78. The van der Waals surface area contributed by atoms with Gasteiger partial charge in [0.1, 0.15) is 0 Å². The topological polar surface area (TPSA) is 294 Å². The normalized spacial score (nSPS) is 10.1. The Kier molecular flexibility index (Phi) is 6.51. The minimum absolute atomic E-state index is 0.187. The Labute approximate surface area is 181 Å². The summed E-state index contributed by atoms with van der Waals surface area (Å²) in [6.07, 6.45) is -2.22. The van der Waals surface area contributed by atoms with Crippen LogP contribution in [0, 0.1) is 60.7 Å². The number of hydrogen-bond acceptors (Lipinski definition) is 15. The maximum Gasteiger partial charge on any atom is 0.520 e. The zero-order chi connectivity index (χ0) is 25.9. The van der Waals surface area contributed by atoms with E-state index >= 15 is 0 Å². The van der Waals surface area contributed by atoms with Crippen LogP contribution in [0.3, 0.4) is 0 Å². The van der Waals surface area contributed by atoms with Crippen LogP contribution in [0.15, 0.2) is 24.3 Å². The van der Waals surface area contributed by atoms with Gasteiger partial charge in [-0.2, -0.15) is 0 Å². The predicted octanol–water partition coefficient (Wildman–Crippen LogP) is 2.71. The molecule has 0 fully saturated rings. The minimum Gasteiger partial charge on any atom is -0.380 e. The molecule has 0 bridgehead atoms. The molecule has 0 unspecified atom stereocenters. The van der Waals surface area contributed by atoms with Crippen LogP contribution < -0.4 is 9.47 Å². The maximum atomic E-state index is 12.1. The molecule has 0 saturated heterocycles. The van der Waals surface area contributed by atoms with Gasteiger partial charge in [0.25, 0.3) is 22.9 Å². The van der Waals surface area contributed by atoms with Gasteiger partial charge < -0.3 is 9.47 Å². The van der Waals surface area contributed by atoms with Crippen molar-refractivity contribution < 1.29 is 43.8 Å². The van der Waals surface area contributed by atoms with E-state index in [0.29, 0.717) is 0 Å². The number of nitro groups is 6. The molecule has 0 aliphatic heterocycles. The summed E-state index contributed by atoms with van der Waals surface area (Å²) in [6.45, 7) is 0. The molecule has 21 heteroatoms. The maximum absolute atomic E-state index is 12.1. The molecule has 2 rings (SSSR count). The van der Waals surface area contributed by atoms with Gasteiger partial charge in [0.05, 0.1) is 53.8 Å². The highest BCUT2D eigenvalue weighted by Crippen LogP contribution is 2.43. The van der Waals surface area contributed by atoms with Crippen LogP contribution in [0.4, 0.5) is 38.9 Å². The minimum atomic E-state index is -2.22. The summed E-state index contributed by atoms with van der Waals surface area (Å²) in [4.78, 5) is 70.5. The van der Waals surface area contributed by atoms with Crippen molar-refractivity contribution in [3.05, 3.63) is 85.0 Å². The van der Waals surface area contributed by atoms with E-state index in [2.05, 4.69) is 9.47 Å². The van der Waals surface area contributed by atoms with Crippen LogP contribution in [0.2, 0.25) is 0 Å². The average Bonchev–Trinajstić information content (AvgIpc) is 2.72. The molecule has 0 saturated carbocycles. The smallest absolute Gasteiger partial charge is 0.380 e. The van der Waals surface area contributed by atoms with Gasteiger partial charge in [0, 0.05) is 0 Å². The van der Waals surface area contributed by atoms with Gasteiger partial charge in [-0.15, -0.1) is 0 Å². The fraction of sp³-hybridized carbons (Fsp3) is 0. The second-order valence-corrected chi connectivity index (χ2v) is 5.62. The molecule has 0 heterocycles. The summed E-state index contributed by atoms with van der Waals surface area (Å²) in [5, 5.41) is 66.5. The number of nitro benzene ring substituents is 6. The number of carbonyl (C=O) groups excluding carboxylic acids is 1. The number of nitrogens with zero attached hydrogens (tertiary/aromatic N) is 6. The number of hydrogen-bond donors (Lipinski definition) is 0. The quantitative estimate of drug-likeness (QED) is 0.225. The summed E-state index contributed by atoms with van der Waals surface area (Å²) in [5.41, 5.74) is -8.14. The molecule has 2 aromatic carbocycles. The Morgan fingerprint density at radius 1 is 0.500 bits per heavy atom. The van der Waals surface area contributed by atoms with Gasteiger partial charge in [-0.25, -0.2) is 4.79 Å². The van der Waals surface area contributed by atoms with Crippen molar-refractivity contribution in [1.29, 1.82) is 0 Å². The molecular formula is C13H4N6O15. The number of benzene rings is 2. The third-order valence-electron chi connectivity index (χ3n) is 3.65. The largest absolute Gasteiger partial charge is 0.520 e. The van der Waals surface area contributed by atoms with Gasteiger partial charge in [-0.1, -0.05) is 0 Å². The molecule has 0 spiro atoms. The molecule has 0 aliphatic carbocycles. The van der Waals surface area contributed by atoms with Crippen molar-refractivity contribution in [3.63, 3.8) is 0 Å². The van der Waals surface area contributed by atoms with Crippen molar-refractivity contribution >= 4 is 40.3 Å². The second kappa shape index (κ2) is 9.08. The lowest BCUT2D eigenvalue weighted by atomic mass is 10.2. The fourth-order valence-electron chi connectivity index (χ4n) is 2.32. The van der Waals surface area contributed by atoms with E-state index in [1.54, 1.807) is 0 Å². The Hall–Kier alpha value is -5.89. The summed E-state index contributed by atoms with van der Waals surface area (Å²) >= 11 is 0. The molecule has 2 aromatic rings. The van der Waals surface area contributed by atoms with Crippen molar-refractivity contribution in [1.82, 2.24) is 0 Å². The number of rotatable bonds is 8. The molecule has 0 radical (unpaired) electrons. The van der Waals surface area contributed by atoms with Crippen LogP contribution in [0.25, 0.3) is 0 Å². The highest BCUT2D eigenvalue weighted by Gasteiger charge is 2.37. The summed E-state index contributed by atoms with van der Waals surface area (Å²) in [6, 6.07) is 0.748. The molecule has 0 aliphatic rings. The first-order valence-electron chi connectivity index (χ1n) is 7.86. The third-order valence-corrected chi connectivity index (χ3v) is 3.65. The first kappa shape index (κ1) is 24.4. The van der Waals surface area contributed by atoms with Gasteiger partial charge in [-0.3, -0.25) is 60.7 Å². The lowest BCUT2D eigenvalue weighted by molar-refractivity contribution is -0.404. The van der Waals surface area contributed by atoms with E-state index in [1.807, 2.05) is 0 Å². The van der Waals surface area contributed by atoms with Crippen molar-refractivity contribution in [3.8, 4) is 11.5 Å². The van der Waals surface area contributed by atoms with E-state index in [9.17, 15) is 65.5 Å². The monoisotopic (exact) mass is 484 g/mol. The van der Waals surface area contributed by atoms with Crippen molar-refractivity contribution in [2.75, 3.05) is 0 Å². The van der Waals surface area contributed by atoms with Gasteiger partial charge in [0.15, 0.2) is 0 Å². The molecule has 0 atom stereocenters. The predicted molar refractivity (Wildman–Crippen MR) is 99.5 cm³/mol. The fourth-order valence-corrected chi connectivity index (χ4v) is 2.32. The molecule has 34 heavy (non-hydrogen) atoms. The van der Waals surface area contributed by atoms with Crippen LogP contribution in [0.5, 0.6) is 11.5 Å². The number of ether oxygens (including phenoxy) is 2. The standard InChI is InChI=1S/C13H4N6O15/c20-13(33-11-7(16(25)26)1-5(14(21)22)2-8(11)17(27)28)34-12-9(18(29)30)3-6(15(23)24)4-10(12)19(31)32/h1-4H. The molecule has 0 aromatic heterocycles. The second-order valence-electron chi connectivity index (χ2n) is 5.62. The van der Waals surface area contributed by atoms with Crippen LogP contribution in [0.1, 0.15) is 0 Å². The van der Waals surface area contributed by atoms with Gasteiger partial charge in [0.2, 0.25) is 0 Å². The first-order valence-corrected chi connectivity index (χ1v) is 7.86. The lowest BCUT2D eigenvalue weighted by Crippen LogP contribution is -2.17. The van der Waals surface area contributed by atoms with E-state index in [0.717, 1.165) is 0 Å². The number of non-ortho nitro benzene ring substituents is 2. The lowest BCUT2D eigenvalue weighted by Gasteiger charge is -2.07. The van der Waals surface area contributed by atoms with E-state index < -0.39 is 81.3 Å². The van der Waals surface area contributed by atoms with E-state index in [1.165, 1.54) is 0 Å². The van der Waals surface area contributed by atoms with E-state index in [4.69, 9.17) is 0 Å². The molecule has 0 N–H and O–H groups in total.